The number of halogens is 1. The van der Waals surface area contributed by atoms with E-state index in [2.05, 4.69) is 10.2 Å². The molecule has 0 amide bonds. The first-order chi connectivity index (χ1) is 14.4. The zero-order valence-corrected chi connectivity index (χ0v) is 17.0. The summed E-state index contributed by atoms with van der Waals surface area (Å²) in [6.45, 7) is 1.48. The lowest BCUT2D eigenvalue weighted by atomic mass is 10.1. The Kier molecular flexibility index (Phi) is 6.07. The van der Waals surface area contributed by atoms with E-state index in [9.17, 15) is 25.2 Å². The molecule has 8 nitrogen and oxygen atoms in total. The van der Waals surface area contributed by atoms with Crippen molar-refractivity contribution in [2.75, 3.05) is 0 Å². The smallest absolute Gasteiger partial charge is 0.281 e. The van der Waals surface area contributed by atoms with Crippen molar-refractivity contribution in [1.29, 1.82) is 10.5 Å². The summed E-state index contributed by atoms with van der Waals surface area (Å²) < 4.78 is 1.03. The van der Waals surface area contributed by atoms with Crippen LogP contribution in [0.2, 0.25) is 5.02 Å². The molecule has 148 valence electrons. The molecule has 10 heteroatoms. The summed E-state index contributed by atoms with van der Waals surface area (Å²) in [5.74, 6) is -0.470. The van der Waals surface area contributed by atoms with Crippen LogP contribution in [0, 0.1) is 29.6 Å². The highest BCUT2D eigenvalue weighted by Crippen LogP contribution is 2.38. The maximum Gasteiger partial charge on any atom is 0.281 e. The number of carbonyl (C=O) groups is 1. The van der Waals surface area contributed by atoms with Gasteiger partial charge in [-0.25, -0.2) is 0 Å². The van der Waals surface area contributed by atoms with Gasteiger partial charge in [-0.15, -0.1) is 21.6 Å². The first-order valence-corrected chi connectivity index (χ1v) is 9.62. The summed E-state index contributed by atoms with van der Waals surface area (Å²) >= 11 is 6.83. The first kappa shape index (κ1) is 20.9. The molecular formula is C20H12ClN5O3S. The van der Waals surface area contributed by atoms with Gasteiger partial charge in [0.15, 0.2) is 17.0 Å². The van der Waals surface area contributed by atoms with Gasteiger partial charge in [-0.2, -0.15) is 10.5 Å². The Balaban J connectivity index is 2.16. The quantitative estimate of drug-likeness (QED) is 0.460. The van der Waals surface area contributed by atoms with Crippen molar-refractivity contribution in [3.63, 3.8) is 0 Å². The predicted octanol–water partition coefficient (Wildman–Crippen LogP) is 4.60. The maximum atomic E-state index is 13.0. The molecule has 0 unspecified atom stereocenters. The second-order valence-corrected chi connectivity index (χ2v) is 7.46. The molecule has 0 saturated heterocycles. The molecule has 30 heavy (non-hydrogen) atoms. The van der Waals surface area contributed by atoms with Crippen LogP contribution < -0.4 is 5.56 Å². The number of thiophene rings is 1. The van der Waals surface area contributed by atoms with Gasteiger partial charge in [0.1, 0.15) is 23.3 Å². The van der Waals surface area contributed by atoms with E-state index in [0.29, 0.717) is 6.29 Å². The van der Waals surface area contributed by atoms with E-state index in [1.165, 1.54) is 6.92 Å². The van der Waals surface area contributed by atoms with E-state index < -0.39 is 11.4 Å². The lowest BCUT2D eigenvalue weighted by Crippen LogP contribution is -2.22. The van der Waals surface area contributed by atoms with E-state index in [-0.39, 0.29) is 43.8 Å². The number of aldehydes is 1. The third-order valence-corrected chi connectivity index (χ3v) is 5.77. The summed E-state index contributed by atoms with van der Waals surface area (Å²) in [5.41, 5.74) is -0.0932. The molecule has 0 fully saturated rings. The number of aromatic nitrogens is 1. The average molecular weight is 438 g/mol. The van der Waals surface area contributed by atoms with Gasteiger partial charge in [0, 0.05) is 5.56 Å². The zero-order chi connectivity index (χ0) is 21.8. The highest BCUT2D eigenvalue weighted by Gasteiger charge is 2.20. The highest BCUT2D eigenvalue weighted by molar-refractivity contribution is 7.18. The van der Waals surface area contributed by atoms with Gasteiger partial charge < -0.3 is 5.11 Å². The molecule has 2 aromatic heterocycles. The summed E-state index contributed by atoms with van der Waals surface area (Å²) in [6, 6.07) is 12.6. The van der Waals surface area contributed by atoms with Crippen molar-refractivity contribution in [2.24, 2.45) is 10.2 Å². The van der Waals surface area contributed by atoms with Gasteiger partial charge in [0.2, 0.25) is 5.88 Å². The predicted molar refractivity (Wildman–Crippen MR) is 111 cm³/mol. The second-order valence-electron chi connectivity index (χ2n) is 6.05. The fraction of sp³-hybridized carbons (Fsp3) is 0.100. The number of nitrogens with zero attached hydrogens (tertiary/aromatic N) is 5. The van der Waals surface area contributed by atoms with Crippen LogP contribution >= 0.6 is 22.9 Å². The van der Waals surface area contributed by atoms with Crippen LogP contribution in [0.15, 0.2) is 45.4 Å². The van der Waals surface area contributed by atoms with Crippen molar-refractivity contribution in [2.45, 2.75) is 13.5 Å². The number of carbonyl (C=O) groups excluding carboxylic acids is 1. The van der Waals surface area contributed by atoms with Crippen LogP contribution in [0.25, 0.3) is 0 Å². The summed E-state index contributed by atoms with van der Waals surface area (Å²) in [7, 11) is 0. The van der Waals surface area contributed by atoms with Crippen LogP contribution in [-0.2, 0) is 6.54 Å². The molecule has 2 heterocycles. The van der Waals surface area contributed by atoms with Crippen molar-refractivity contribution < 1.29 is 9.90 Å². The molecule has 0 aliphatic heterocycles. The Morgan fingerprint density at radius 3 is 2.47 bits per heavy atom. The van der Waals surface area contributed by atoms with Crippen LogP contribution in [0.3, 0.4) is 0 Å². The molecule has 3 rings (SSSR count). The van der Waals surface area contributed by atoms with Crippen molar-refractivity contribution in [3.8, 4) is 18.0 Å². The van der Waals surface area contributed by atoms with E-state index in [0.717, 1.165) is 21.5 Å². The van der Waals surface area contributed by atoms with Crippen molar-refractivity contribution in [3.05, 3.63) is 72.8 Å². The van der Waals surface area contributed by atoms with Crippen molar-refractivity contribution in [1.82, 2.24) is 4.57 Å². The number of azo groups is 1. The summed E-state index contributed by atoms with van der Waals surface area (Å²) in [6.07, 6.45) is 0.499. The lowest BCUT2D eigenvalue weighted by Gasteiger charge is -2.13. The minimum Gasteiger partial charge on any atom is -0.493 e. The van der Waals surface area contributed by atoms with E-state index >= 15 is 0 Å². The molecule has 0 saturated carbocycles. The summed E-state index contributed by atoms with van der Waals surface area (Å²) in [4.78, 5) is 24.2. The standard InChI is InChI=1S/C20H12ClN5O3S/c1-11-13(7-22)19(28)26(9-12-5-3-2-4-6-12)20(29)17(11)24-25-18-14(8-23)16(21)15(10-27)30-18/h2-6,10,28H,9H2,1H3. The molecule has 0 atom stereocenters. The van der Waals surface area contributed by atoms with Gasteiger partial charge in [-0.3, -0.25) is 14.2 Å². The van der Waals surface area contributed by atoms with Crippen LogP contribution in [0.1, 0.15) is 31.9 Å². The molecule has 0 bridgehead atoms. The molecule has 0 aliphatic carbocycles. The fourth-order valence-corrected chi connectivity index (χ4v) is 3.85. The lowest BCUT2D eigenvalue weighted by molar-refractivity contribution is 0.112. The Hall–Kier alpha value is -3.79. The number of hydrogen-bond acceptors (Lipinski definition) is 8. The Morgan fingerprint density at radius 2 is 1.87 bits per heavy atom. The number of rotatable bonds is 5. The van der Waals surface area contributed by atoms with Crippen LogP contribution in [0.4, 0.5) is 10.7 Å². The third kappa shape index (κ3) is 3.72. The second kappa shape index (κ2) is 8.70. The Morgan fingerprint density at radius 1 is 1.20 bits per heavy atom. The molecule has 1 aromatic carbocycles. The summed E-state index contributed by atoms with van der Waals surface area (Å²) in [5, 5.41) is 37.0. The average Bonchev–Trinajstić information content (AvgIpc) is 3.06. The van der Waals surface area contributed by atoms with E-state index in [1.54, 1.807) is 24.3 Å². The number of pyridine rings is 1. The monoisotopic (exact) mass is 437 g/mol. The van der Waals surface area contributed by atoms with E-state index in [4.69, 9.17) is 11.6 Å². The number of nitriles is 2. The van der Waals surface area contributed by atoms with Gasteiger partial charge in [-0.1, -0.05) is 41.9 Å². The topological polar surface area (TPSA) is 132 Å². The SMILES string of the molecule is Cc1c(C#N)c(O)n(Cc2ccccc2)c(=O)c1N=Nc1sc(C=O)c(Cl)c1C#N. The number of benzene rings is 1. The minimum atomic E-state index is -0.659. The maximum absolute atomic E-state index is 13.0. The Bertz CT molecular complexity index is 1310. The van der Waals surface area contributed by atoms with Crippen LogP contribution in [0.5, 0.6) is 5.88 Å². The number of hydrogen-bond donors (Lipinski definition) is 1. The minimum absolute atomic E-state index is 0.0204. The third-order valence-electron chi connectivity index (χ3n) is 4.27. The largest absolute Gasteiger partial charge is 0.493 e. The number of aromatic hydroxyl groups is 1. The molecule has 0 spiro atoms. The molecule has 1 N–H and O–H groups in total. The van der Waals surface area contributed by atoms with Gasteiger partial charge in [0.05, 0.1) is 16.4 Å². The van der Waals surface area contributed by atoms with E-state index in [1.807, 2.05) is 18.2 Å². The normalized spacial score (nSPS) is 10.7. The highest BCUT2D eigenvalue weighted by atomic mass is 35.5. The zero-order valence-electron chi connectivity index (χ0n) is 15.5. The van der Waals surface area contributed by atoms with Crippen molar-refractivity contribution >= 4 is 39.9 Å². The molecular weight excluding hydrogens is 426 g/mol. The van der Waals surface area contributed by atoms with Gasteiger partial charge >= 0.3 is 0 Å². The molecule has 0 aliphatic rings. The fourth-order valence-electron chi connectivity index (χ4n) is 2.73. The molecule has 3 aromatic rings. The van der Waals surface area contributed by atoms with Gasteiger partial charge in [-0.05, 0) is 12.5 Å². The Labute approximate surface area is 179 Å². The van der Waals surface area contributed by atoms with Gasteiger partial charge in [0.25, 0.3) is 5.56 Å². The molecule has 0 radical (unpaired) electrons. The first-order valence-electron chi connectivity index (χ1n) is 8.42. The van der Waals surface area contributed by atoms with Crippen LogP contribution in [-0.4, -0.2) is 16.0 Å².